The molecule has 5 atom stereocenters. The number of hydrogen-bond donors (Lipinski definition) is 14. The molecule has 0 heterocycles. The lowest BCUT2D eigenvalue weighted by Gasteiger charge is -2.30. The van der Waals surface area contributed by atoms with Gasteiger partial charge in [-0.3, -0.25) is 34.2 Å². The first-order chi connectivity index (χ1) is 22.9. The standard InChI is InChI=1S/C28H53N11O8S2/c1-28(2,26(47)38-18(12-20(30)40)23(43)37-19(14-49)25(45)46)39-24(44)17(9-7-11-34-27(31)33-4)36-22(42)16(8-5-6-10-32-3)35-21(41)15(29)13-48/h15-19,32,48-49H,5-14,29H2,1-4H3,(H2,30,40)(H,35,41)(H,36,42)(H,37,43)(H,38,47)(H,39,44)(H,45,46)(H3,31,33,34)/t15-,16-,17-,18-,19-/m0/s1. The van der Waals surface area contributed by atoms with Crippen LogP contribution in [-0.4, -0.2) is 127 Å². The fourth-order valence-electron chi connectivity index (χ4n) is 4.09. The molecule has 19 nitrogen and oxygen atoms in total. The number of carbonyl (C=O) groups excluding carboxylic acids is 6. The number of unbranched alkanes of at least 4 members (excludes halogenated alkanes) is 1. The maximum absolute atomic E-state index is 13.6. The number of aliphatic carboxylic acids is 1. The van der Waals surface area contributed by atoms with E-state index in [2.05, 4.69) is 67.8 Å². The third-order valence-electron chi connectivity index (χ3n) is 7.02. The Hall–Kier alpha value is -3.82. The molecule has 0 spiro atoms. The van der Waals surface area contributed by atoms with E-state index in [1.807, 2.05) is 0 Å². The van der Waals surface area contributed by atoms with Crippen molar-refractivity contribution in [3.63, 3.8) is 0 Å². The number of thiol groups is 2. The number of nitrogens with one attached hydrogen (secondary N) is 9. The van der Waals surface area contributed by atoms with Gasteiger partial charge >= 0.3 is 5.97 Å². The summed E-state index contributed by atoms with van der Waals surface area (Å²) in [7, 11) is 3.33. The van der Waals surface area contributed by atoms with Crippen molar-refractivity contribution in [1.29, 1.82) is 5.41 Å². The van der Waals surface area contributed by atoms with Gasteiger partial charge in [-0.25, -0.2) is 4.79 Å². The molecule has 14 N–H and O–H groups in total. The number of amides is 6. The molecule has 0 bridgehead atoms. The molecule has 0 aliphatic carbocycles. The first-order valence-corrected chi connectivity index (χ1v) is 16.9. The Labute approximate surface area is 297 Å². The minimum atomic E-state index is -1.74. The molecule has 0 fully saturated rings. The Kier molecular flexibility index (Phi) is 21.7. The number of guanidine groups is 1. The van der Waals surface area contributed by atoms with E-state index < -0.39 is 83.6 Å². The van der Waals surface area contributed by atoms with Gasteiger partial charge in [-0.15, -0.1) is 0 Å². The normalized spacial score (nSPS) is 14.1. The zero-order valence-electron chi connectivity index (χ0n) is 28.3. The average molecular weight is 736 g/mol. The summed E-state index contributed by atoms with van der Waals surface area (Å²) in [4.78, 5) is 88.7. The predicted molar refractivity (Wildman–Crippen MR) is 189 cm³/mol. The number of carboxylic acids is 1. The van der Waals surface area contributed by atoms with Crippen LogP contribution >= 0.6 is 25.3 Å². The van der Waals surface area contributed by atoms with Gasteiger partial charge in [0.25, 0.3) is 0 Å². The predicted octanol–water partition coefficient (Wildman–Crippen LogP) is -4.12. The molecule has 0 unspecified atom stereocenters. The lowest BCUT2D eigenvalue weighted by atomic mass is 10.0. The van der Waals surface area contributed by atoms with Gasteiger partial charge in [0.1, 0.15) is 29.7 Å². The summed E-state index contributed by atoms with van der Waals surface area (Å²) in [6.45, 7) is 3.54. The van der Waals surface area contributed by atoms with Crippen molar-refractivity contribution in [1.82, 2.24) is 42.5 Å². The van der Waals surface area contributed by atoms with Crippen LogP contribution in [0.4, 0.5) is 0 Å². The van der Waals surface area contributed by atoms with E-state index in [0.29, 0.717) is 19.4 Å². The van der Waals surface area contributed by atoms with Gasteiger partial charge in [0, 0.05) is 25.1 Å². The summed E-state index contributed by atoms with van der Waals surface area (Å²) in [5.74, 6) is -6.57. The number of carbonyl (C=O) groups is 7. The van der Waals surface area contributed by atoms with Gasteiger partial charge in [0.05, 0.1) is 12.5 Å². The molecule has 49 heavy (non-hydrogen) atoms. The molecule has 0 saturated heterocycles. The Balaban J connectivity index is 6.07. The molecular weight excluding hydrogens is 683 g/mol. The lowest BCUT2D eigenvalue weighted by Crippen LogP contribution is -2.63. The fraction of sp³-hybridized carbons (Fsp3) is 0.714. The molecule has 0 aromatic rings. The summed E-state index contributed by atoms with van der Waals surface area (Å²) >= 11 is 7.91. The van der Waals surface area contributed by atoms with Gasteiger partial charge < -0.3 is 59.1 Å². The molecule has 0 aromatic heterocycles. The Morgan fingerprint density at radius 1 is 0.755 bits per heavy atom. The summed E-state index contributed by atoms with van der Waals surface area (Å²) in [5, 5.41) is 37.6. The second-order valence-corrected chi connectivity index (χ2v) is 12.3. The fourth-order valence-corrected chi connectivity index (χ4v) is 4.50. The van der Waals surface area contributed by atoms with Gasteiger partial charge in [-0.2, -0.15) is 25.3 Å². The minimum absolute atomic E-state index is 0.0336. The quantitative estimate of drug-likeness (QED) is 0.0195. The third-order valence-corrected chi connectivity index (χ3v) is 7.78. The molecule has 0 rings (SSSR count). The van der Waals surface area contributed by atoms with Crippen molar-refractivity contribution in [3.8, 4) is 0 Å². The summed E-state index contributed by atoms with van der Waals surface area (Å²) in [6.07, 6.45) is 1.15. The SMILES string of the molecule is CNCCCC[C@H](NC(=O)[C@@H](N)CS)C(=O)N[C@@H](CCCNC(=N)NC)C(=O)NC(C)(C)C(=O)N[C@@H](CC(N)=O)C(=O)N[C@@H](CS)C(=O)O. The van der Waals surface area contributed by atoms with E-state index in [1.165, 1.54) is 13.8 Å². The molecule has 280 valence electrons. The number of primary amides is 1. The van der Waals surface area contributed by atoms with Gasteiger partial charge in [-0.1, -0.05) is 0 Å². The molecule has 0 radical (unpaired) electrons. The Bertz CT molecular complexity index is 1160. The van der Waals surface area contributed by atoms with Crippen LogP contribution in [0.3, 0.4) is 0 Å². The first-order valence-electron chi connectivity index (χ1n) is 15.6. The van der Waals surface area contributed by atoms with Crippen LogP contribution in [0.25, 0.3) is 0 Å². The van der Waals surface area contributed by atoms with E-state index in [0.717, 1.165) is 0 Å². The van der Waals surface area contributed by atoms with Crippen molar-refractivity contribution in [3.05, 3.63) is 0 Å². The summed E-state index contributed by atoms with van der Waals surface area (Å²) in [5.41, 5.74) is 9.29. The minimum Gasteiger partial charge on any atom is -0.480 e. The number of rotatable bonds is 24. The van der Waals surface area contributed by atoms with E-state index >= 15 is 0 Å². The average Bonchev–Trinajstić information content (AvgIpc) is 3.04. The van der Waals surface area contributed by atoms with Crippen LogP contribution in [0.1, 0.15) is 52.4 Å². The second kappa shape index (κ2) is 23.5. The van der Waals surface area contributed by atoms with Crippen molar-refractivity contribution in [2.24, 2.45) is 11.5 Å². The maximum atomic E-state index is 13.6. The zero-order chi connectivity index (χ0) is 37.7. The molecular formula is C28H53N11O8S2. The summed E-state index contributed by atoms with van der Waals surface area (Å²) < 4.78 is 0. The number of hydrogen-bond acceptors (Lipinski definition) is 12. The molecule has 0 aromatic carbocycles. The molecule has 0 aliphatic heterocycles. The van der Waals surface area contributed by atoms with Crippen LogP contribution < -0.4 is 54.0 Å². The van der Waals surface area contributed by atoms with Gasteiger partial charge in [0.2, 0.25) is 35.4 Å². The van der Waals surface area contributed by atoms with Crippen molar-refractivity contribution < 1.29 is 38.7 Å². The molecule has 0 aliphatic rings. The van der Waals surface area contributed by atoms with Crippen LogP contribution in [0.15, 0.2) is 0 Å². The Morgan fingerprint density at radius 2 is 1.31 bits per heavy atom. The topological polar surface area (TPSA) is 312 Å². The molecule has 21 heteroatoms. The van der Waals surface area contributed by atoms with E-state index in [-0.39, 0.29) is 43.3 Å². The van der Waals surface area contributed by atoms with Crippen LogP contribution in [0, 0.1) is 5.41 Å². The van der Waals surface area contributed by atoms with Crippen molar-refractivity contribution >= 4 is 72.6 Å². The number of nitrogens with two attached hydrogens (primary N) is 2. The highest BCUT2D eigenvalue weighted by Crippen LogP contribution is 2.09. The van der Waals surface area contributed by atoms with Crippen LogP contribution in [0.2, 0.25) is 0 Å². The smallest absolute Gasteiger partial charge is 0.327 e. The third kappa shape index (κ3) is 17.9. The van der Waals surface area contributed by atoms with Gasteiger partial charge in [-0.05, 0) is 59.5 Å². The highest BCUT2D eigenvalue weighted by atomic mass is 32.1. The van der Waals surface area contributed by atoms with Gasteiger partial charge in [0.15, 0.2) is 5.96 Å². The van der Waals surface area contributed by atoms with Crippen LogP contribution in [0.5, 0.6) is 0 Å². The van der Waals surface area contributed by atoms with Crippen molar-refractivity contribution in [2.75, 3.05) is 38.7 Å². The lowest BCUT2D eigenvalue weighted by molar-refractivity contribution is -0.142. The van der Waals surface area contributed by atoms with Crippen LogP contribution in [-0.2, 0) is 33.6 Å². The molecule has 0 saturated carbocycles. The van der Waals surface area contributed by atoms with E-state index in [9.17, 15) is 38.7 Å². The zero-order valence-corrected chi connectivity index (χ0v) is 30.1. The Morgan fingerprint density at radius 3 is 1.84 bits per heavy atom. The van der Waals surface area contributed by atoms with Crippen molar-refractivity contribution in [2.45, 2.75) is 88.1 Å². The highest BCUT2D eigenvalue weighted by Gasteiger charge is 2.37. The van der Waals surface area contributed by atoms with E-state index in [4.69, 9.17) is 16.9 Å². The monoisotopic (exact) mass is 735 g/mol. The van der Waals surface area contributed by atoms with E-state index in [1.54, 1.807) is 14.1 Å². The molecule has 6 amide bonds. The maximum Gasteiger partial charge on any atom is 0.327 e. The first kappa shape index (κ1) is 45.2. The highest BCUT2D eigenvalue weighted by molar-refractivity contribution is 7.80. The number of carboxylic acid groups (broad SMARTS) is 1. The largest absolute Gasteiger partial charge is 0.480 e. The second-order valence-electron chi connectivity index (χ2n) is 11.6. The summed E-state index contributed by atoms with van der Waals surface area (Å²) in [6, 6.07) is -6.24.